The van der Waals surface area contributed by atoms with Crippen molar-refractivity contribution in [2.45, 2.75) is 31.8 Å². The Kier molecular flexibility index (Phi) is 2.88. The van der Waals surface area contributed by atoms with E-state index in [1.54, 1.807) is 7.11 Å². The van der Waals surface area contributed by atoms with Gasteiger partial charge in [-0.1, -0.05) is 6.42 Å². The molecule has 0 amide bonds. The summed E-state index contributed by atoms with van der Waals surface area (Å²) in [5.74, 6) is -0.847. The molecule has 64 valence electrons. The minimum atomic E-state index is -0.674. The number of hydrogen-bond donors (Lipinski definition) is 1. The molecule has 0 aromatic carbocycles. The molecule has 0 aromatic heterocycles. The lowest BCUT2D eigenvalue weighted by Crippen LogP contribution is -2.26. The average Bonchev–Trinajstić information content (AvgIpc) is 2.05. The molecule has 0 spiro atoms. The highest BCUT2D eigenvalue weighted by atomic mass is 16.5. The van der Waals surface area contributed by atoms with Gasteiger partial charge in [-0.15, -0.1) is 0 Å². The topological polar surface area (TPSA) is 46.5 Å². The van der Waals surface area contributed by atoms with Gasteiger partial charge < -0.3 is 9.84 Å². The smallest absolute Gasteiger partial charge is 0.306 e. The maximum atomic E-state index is 10.6. The fraction of sp³-hybridized carbons (Fsp3) is 0.875. The molecule has 1 N–H and O–H groups in total. The lowest BCUT2D eigenvalue weighted by molar-refractivity contribution is -0.144. The van der Waals surface area contributed by atoms with Crippen LogP contribution < -0.4 is 0 Å². The van der Waals surface area contributed by atoms with E-state index in [2.05, 4.69) is 0 Å². The number of carboxylic acid groups (broad SMARTS) is 1. The van der Waals surface area contributed by atoms with Crippen molar-refractivity contribution in [3.63, 3.8) is 0 Å². The molecule has 0 radical (unpaired) electrons. The van der Waals surface area contributed by atoms with Gasteiger partial charge in [0.05, 0.1) is 12.0 Å². The third kappa shape index (κ3) is 2.19. The second-order valence-corrected chi connectivity index (χ2v) is 3.06. The number of aliphatic carboxylic acids is 1. The number of rotatable bonds is 2. The van der Waals surface area contributed by atoms with Crippen LogP contribution in [0.5, 0.6) is 0 Å². The van der Waals surface area contributed by atoms with Crippen molar-refractivity contribution < 1.29 is 14.6 Å². The largest absolute Gasteiger partial charge is 0.481 e. The minimum Gasteiger partial charge on any atom is -0.481 e. The molecular formula is C8H14O3. The molecule has 1 rings (SSSR count). The first-order valence-corrected chi connectivity index (χ1v) is 3.99. The Morgan fingerprint density at radius 2 is 2.27 bits per heavy atom. The number of ether oxygens (including phenoxy) is 1. The Hall–Kier alpha value is -0.570. The van der Waals surface area contributed by atoms with Crippen molar-refractivity contribution in [3.05, 3.63) is 0 Å². The van der Waals surface area contributed by atoms with Crippen LogP contribution in [-0.2, 0) is 9.53 Å². The van der Waals surface area contributed by atoms with E-state index in [1.807, 2.05) is 0 Å². The molecule has 1 aliphatic rings. The molecule has 3 nitrogen and oxygen atoms in total. The summed E-state index contributed by atoms with van der Waals surface area (Å²) >= 11 is 0. The molecule has 1 saturated carbocycles. The number of methoxy groups -OCH3 is 1. The minimum absolute atomic E-state index is 0.171. The van der Waals surface area contributed by atoms with Gasteiger partial charge in [-0.3, -0.25) is 4.79 Å². The first-order chi connectivity index (χ1) is 5.24. The summed E-state index contributed by atoms with van der Waals surface area (Å²) in [5.41, 5.74) is 0. The summed E-state index contributed by atoms with van der Waals surface area (Å²) in [6.45, 7) is 0. The Labute approximate surface area is 66.4 Å². The monoisotopic (exact) mass is 158 g/mol. The van der Waals surface area contributed by atoms with Crippen LogP contribution in [0, 0.1) is 5.92 Å². The van der Waals surface area contributed by atoms with Crippen LogP contribution in [0.15, 0.2) is 0 Å². The quantitative estimate of drug-likeness (QED) is 0.658. The highest BCUT2D eigenvalue weighted by Gasteiger charge is 2.26. The lowest BCUT2D eigenvalue weighted by atomic mass is 9.87. The fourth-order valence-electron chi connectivity index (χ4n) is 1.58. The van der Waals surface area contributed by atoms with Crippen molar-refractivity contribution >= 4 is 5.97 Å². The molecule has 0 saturated heterocycles. The molecule has 2 atom stereocenters. The van der Waals surface area contributed by atoms with Gasteiger partial charge >= 0.3 is 5.97 Å². The van der Waals surface area contributed by atoms with Crippen LogP contribution >= 0.6 is 0 Å². The van der Waals surface area contributed by atoms with E-state index >= 15 is 0 Å². The van der Waals surface area contributed by atoms with E-state index in [-0.39, 0.29) is 12.0 Å². The Morgan fingerprint density at radius 3 is 2.82 bits per heavy atom. The summed E-state index contributed by atoms with van der Waals surface area (Å²) in [5, 5.41) is 8.70. The van der Waals surface area contributed by atoms with Crippen molar-refractivity contribution in [2.24, 2.45) is 5.92 Å². The normalized spacial score (nSPS) is 31.7. The second-order valence-electron chi connectivity index (χ2n) is 3.06. The van der Waals surface area contributed by atoms with Gasteiger partial charge in [0, 0.05) is 7.11 Å². The summed E-state index contributed by atoms with van der Waals surface area (Å²) in [6, 6.07) is 0. The van der Waals surface area contributed by atoms with Crippen LogP contribution in [0.4, 0.5) is 0 Å². The molecule has 1 fully saturated rings. The van der Waals surface area contributed by atoms with E-state index in [1.165, 1.54) is 0 Å². The molecule has 0 aliphatic heterocycles. The second kappa shape index (κ2) is 3.72. The summed E-state index contributed by atoms with van der Waals surface area (Å²) in [7, 11) is 1.65. The molecule has 0 unspecified atom stereocenters. The highest BCUT2D eigenvalue weighted by molar-refractivity contribution is 5.70. The van der Waals surface area contributed by atoms with Gasteiger partial charge in [0.15, 0.2) is 0 Å². The molecule has 0 aromatic rings. The first kappa shape index (κ1) is 8.53. The molecular weight excluding hydrogens is 144 g/mol. The fourth-order valence-corrected chi connectivity index (χ4v) is 1.58. The number of hydrogen-bond acceptors (Lipinski definition) is 2. The van der Waals surface area contributed by atoms with Crippen molar-refractivity contribution in [3.8, 4) is 0 Å². The van der Waals surface area contributed by atoms with Gasteiger partial charge in [0.1, 0.15) is 0 Å². The van der Waals surface area contributed by atoms with Crippen molar-refractivity contribution in [1.29, 1.82) is 0 Å². The molecule has 3 heteroatoms. The standard InChI is InChI=1S/C8H14O3/c1-11-7-4-2-3-6(5-7)8(9)10/h6-7H,2-5H2,1H3,(H,9,10)/t6-,7-/m1/s1. The Balaban J connectivity index is 2.39. The molecule has 11 heavy (non-hydrogen) atoms. The van der Waals surface area contributed by atoms with Gasteiger partial charge in [0.25, 0.3) is 0 Å². The van der Waals surface area contributed by atoms with Crippen LogP contribution in [0.2, 0.25) is 0 Å². The lowest BCUT2D eigenvalue weighted by Gasteiger charge is -2.25. The zero-order chi connectivity index (χ0) is 8.27. The average molecular weight is 158 g/mol. The van der Waals surface area contributed by atoms with E-state index in [9.17, 15) is 4.79 Å². The summed E-state index contributed by atoms with van der Waals surface area (Å²) in [4.78, 5) is 10.6. The van der Waals surface area contributed by atoms with E-state index in [0.29, 0.717) is 6.42 Å². The zero-order valence-electron chi connectivity index (χ0n) is 6.75. The third-order valence-electron chi connectivity index (χ3n) is 2.31. The summed E-state index contributed by atoms with van der Waals surface area (Å²) < 4.78 is 5.11. The zero-order valence-corrected chi connectivity index (χ0v) is 6.75. The van der Waals surface area contributed by atoms with Crippen LogP contribution in [0.25, 0.3) is 0 Å². The third-order valence-corrected chi connectivity index (χ3v) is 2.31. The molecule has 0 heterocycles. The maximum Gasteiger partial charge on any atom is 0.306 e. The number of carboxylic acids is 1. The van der Waals surface area contributed by atoms with Gasteiger partial charge in [-0.2, -0.15) is 0 Å². The van der Waals surface area contributed by atoms with E-state index in [4.69, 9.17) is 9.84 Å². The predicted octanol–water partition coefficient (Wildman–Crippen LogP) is 1.28. The van der Waals surface area contributed by atoms with Crippen LogP contribution in [-0.4, -0.2) is 24.3 Å². The Morgan fingerprint density at radius 1 is 1.55 bits per heavy atom. The van der Waals surface area contributed by atoms with Crippen molar-refractivity contribution in [2.75, 3.05) is 7.11 Å². The maximum absolute atomic E-state index is 10.6. The van der Waals surface area contributed by atoms with Gasteiger partial charge in [-0.25, -0.2) is 0 Å². The summed E-state index contributed by atoms with van der Waals surface area (Å²) in [6.07, 6.45) is 3.67. The van der Waals surface area contributed by atoms with Gasteiger partial charge in [-0.05, 0) is 19.3 Å². The van der Waals surface area contributed by atoms with Crippen molar-refractivity contribution in [1.82, 2.24) is 0 Å². The first-order valence-electron chi connectivity index (χ1n) is 3.99. The molecule has 0 bridgehead atoms. The van der Waals surface area contributed by atoms with Gasteiger partial charge in [0.2, 0.25) is 0 Å². The van der Waals surface area contributed by atoms with E-state index in [0.717, 1.165) is 19.3 Å². The number of carbonyl (C=O) groups is 1. The van der Waals surface area contributed by atoms with Crippen LogP contribution in [0.1, 0.15) is 25.7 Å². The van der Waals surface area contributed by atoms with Crippen LogP contribution in [0.3, 0.4) is 0 Å². The molecule has 1 aliphatic carbocycles. The van der Waals surface area contributed by atoms with E-state index < -0.39 is 5.97 Å². The Bertz CT molecular complexity index is 144. The predicted molar refractivity (Wildman–Crippen MR) is 40.4 cm³/mol. The SMILES string of the molecule is CO[C@@H]1CCC[C@@H](C(=O)O)C1. The highest BCUT2D eigenvalue weighted by Crippen LogP contribution is 2.25.